The summed E-state index contributed by atoms with van der Waals surface area (Å²) >= 11 is 0. The van der Waals surface area contributed by atoms with E-state index in [9.17, 15) is 14.7 Å². The Morgan fingerprint density at radius 2 is 1.85 bits per heavy atom. The van der Waals surface area contributed by atoms with Crippen molar-refractivity contribution in [2.45, 2.75) is 64.5 Å². The number of rotatable bonds is 9. The molecule has 0 saturated heterocycles. The summed E-state index contributed by atoms with van der Waals surface area (Å²) < 4.78 is 0. The molecular weight excluding hydrogens is 430 g/mol. The van der Waals surface area contributed by atoms with Crippen LogP contribution in [0.1, 0.15) is 57.4 Å². The first-order valence-electron chi connectivity index (χ1n) is 12.0. The van der Waals surface area contributed by atoms with Gasteiger partial charge in [0, 0.05) is 24.6 Å². The minimum atomic E-state index is -0.754. The number of nitrogens with zero attached hydrogens (tertiary/aromatic N) is 4. The fourth-order valence-corrected chi connectivity index (χ4v) is 4.76. The number of aromatic amines is 1. The summed E-state index contributed by atoms with van der Waals surface area (Å²) in [5.41, 5.74) is 3.95. The molecule has 0 bridgehead atoms. The summed E-state index contributed by atoms with van der Waals surface area (Å²) in [6, 6.07) is 16.0. The largest absolute Gasteiger partial charge is 0.481 e. The van der Waals surface area contributed by atoms with Crippen LogP contribution in [0.15, 0.2) is 48.5 Å². The second-order valence-corrected chi connectivity index (χ2v) is 8.96. The van der Waals surface area contributed by atoms with Crippen LogP contribution >= 0.6 is 0 Å². The number of hydrogen-bond donors (Lipinski definition) is 2. The molecule has 4 rings (SSSR count). The molecule has 8 nitrogen and oxygen atoms in total. The lowest BCUT2D eigenvalue weighted by Crippen LogP contribution is -2.43. The Kier molecular flexibility index (Phi) is 7.67. The monoisotopic (exact) mass is 461 g/mol. The van der Waals surface area contributed by atoms with E-state index in [1.807, 2.05) is 53.4 Å². The molecule has 2 atom stereocenters. The highest BCUT2D eigenvalue weighted by atomic mass is 16.4. The van der Waals surface area contributed by atoms with E-state index in [0.29, 0.717) is 31.6 Å². The van der Waals surface area contributed by atoms with Gasteiger partial charge in [0.25, 0.3) is 0 Å². The normalized spacial score (nSPS) is 17.9. The van der Waals surface area contributed by atoms with Crippen molar-refractivity contribution in [1.29, 1.82) is 0 Å². The number of aliphatic carboxylic acids is 1. The molecule has 1 aliphatic rings. The van der Waals surface area contributed by atoms with E-state index in [0.717, 1.165) is 47.9 Å². The second kappa shape index (κ2) is 11.0. The summed E-state index contributed by atoms with van der Waals surface area (Å²) in [4.78, 5) is 26.6. The van der Waals surface area contributed by atoms with Gasteiger partial charge in [-0.2, -0.15) is 5.21 Å². The second-order valence-electron chi connectivity index (χ2n) is 8.96. The maximum Gasteiger partial charge on any atom is 0.306 e. The molecular formula is C26H31N5O3. The lowest BCUT2D eigenvalue weighted by atomic mass is 9.84. The number of carboxylic acid groups (broad SMARTS) is 1. The number of aromatic nitrogens is 4. The number of nitrogens with one attached hydrogen (secondary N) is 1. The van der Waals surface area contributed by atoms with E-state index in [1.165, 1.54) is 0 Å². The number of carbonyl (C=O) groups is 2. The molecule has 1 aromatic heterocycles. The Labute approximate surface area is 199 Å². The summed E-state index contributed by atoms with van der Waals surface area (Å²) in [5, 5.41) is 23.9. The Morgan fingerprint density at radius 1 is 1.09 bits per heavy atom. The van der Waals surface area contributed by atoms with E-state index in [4.69, 9.17) is 0 Å². The van der Waals surface area contributed by atoms with Gasteiger partial charge in [-0.15, -0.1) is 10.2 Å². The van der Waals surface area contributed by atoms with Crippen molar-refractivity contribution in [2.75, 3.05) is 0 Å². The number of carboxylic acids is 1. The zero-order valence-electron chi connectivity index (χ0n) is 19.5. The van der Waals surface area contributed by atoms with Crippen LogP contribution in [-0.4, -0.2) is 48.5 Å². The maximum absolute atomic E-state index is 13.1. The average molecular weight is 462 g/mol. The topological polar surface area (TPSA) is 112 Å². The molecule has 178 valence electrons. The third-order valence-corrected chi connectivity index (χ3v) is 6.63. The van der Waals surface area contributed by atoms with Gasteiger partial charge < -0.3 is 10.0 Å². The van der Waals surface area contributed by atoms with Gasteiger partial charge >= 0.3 is 5.97 Å². The van der Waals surface area contributed by atoms with Crippen LogP contribution in [0.5, 0.6) is 0 Å². The molecule has 8 heteroatoms. The van der Waals surface area contributed by atoms with Crippen molar-refractivity contribution in [3.8, 4) is 22.5 Å². The highest BCUT2D eigenvalue weighted by Crippen LogP contribution is 2.32. The van der Waals surface area contributed by atoms with Gasteiger partial charge in [-0.05, 0) is 47.6 Å². The number of H-pyrrole nitrogens is 1. The van der Waals surface area contributed by atoms with E-state index < -0.39 is 5.97 Å². The van der Waals surface area contributed by atoms with Crippen molar-refractivity contribution in [2.24, 2.45) is 5.92 Å². The smallest absolute Gasteiger partial charge is 0.306 e. The van der Waals surface area contributed by atoms with Crippen LogP contribution in [-0.2, 0) is 16.1 Å². The highest BCUT2D eigenvalue weighted by Gasteiger charge is 2.32. The molecule has 1 fully saturated rings. The van der Waals surface area contributed by atoms with Crippen molar-refractivity contribution in [3.63, 3.8) is 0 Å². The van der Waals surface area contributed by atoms with E-state index >= 15 is 0 Å². The zero-order valence-corrected chi connectivity index (χ0v) is 19.5. The third kappa shape index (κ3) is 5.50. The number of benzene rings is 2. The van der Waals surface area contributed by atoms with Gasteiger partial charge in [0.1, 0.15) is 0 Å². The van der Waals surface area contributed by atoms with Crippen molar-refractivity contribution in [1.82, 2.24) is 25.5 Å². The van der Waals surface area contributed by atoms with E-state index in [2.05, 4.69) is 27.5 Å². The molecule has 3 aromatic rings. The van der Waals surface area contributed by atoms with Crippen LogP contribution in [0.2, 0.25) is 0 Å². The maximum atomic E-state index is 13.1. The molecule has 34 heavy (non-hydrogen) atoms. The average Bonchev–Trinajstić information content (AvgIpc) is 3.41. The molecule has 0 aliphatic heterocycles. The first-order valence-corrected chi connectivity index (χ1v) is 12.0. The summed E-state index contributed by atoms with van der Waals surface area (Å²) in [7, 11) is 0. The molecule has 0 unspecified atom stereocenters. The predicted molar refractivity (Wildman–Crippen MR) is 129 cm³/mol. The van der Waals surface area contributed by atoms with Crippen LogP contribution < -0.4 is 0 Å². The predicted octanol–water partition coefficient (Wildman–Crippen LogP) is 4.70. The first-order chi connectivity index (χ1) is 16.6. The van der Waals surface area contributed by atoms with Crippen molar-refractivity contribution >= 4 is 11.9 Å². The standard InChI is InChI=1S/C26H31N5O3/c1-2-3-11-24(32)31(21-8-6-7-20(16-21)26(33)34)17-18-12-14-19(15-13-18)22-9-4-5-10-23(22)25-27-29-30-28-25/h4-5,9-10,12-15,20-21H,2-3,6-8,11,16-17H2,1H3,(H,33,34)(H,27,28,29,30)/t20-,21-/m1/s1. The molecule has 2 N–H and O–H groups in total. The number of hydrogen-bond acceptors (Lipinski definition) is 5. The molecule has 1 heterocycles. The minimum Gasteiger partial charge on any atom is -0.481 e. The number of unbranched alkanes of at least 4 members (excludes halogenated alkanes) is 1. The lowest BCUT2D eigenvalue weighted by molar-refractivity contribution is -0.146. The summed E-state index contributed by atoms with van der Waals surface area (Å²) in [5.74, 6) is -0.471. The van der Waals surface area contributed by atoms with Gasteiger partial charge in [0.05, 0.1) is 5.92 Å². The summed E-state index contributed by atoms with van der Waals surface area (Å²) in [6.07, 6.45) is 5.22. The first kappa shape index (κ1) is 23.6. The van der Waals surface area contributed by atoms with Crippen LogP contribution in [0.4, 0.5) is 0 Å². The lowest BCUT2D eigenvalue weighted by Gasteiger charge is -2.37. The Balaban J connectivity index is 1.55. The van der Waals surface area contributed by atoms with E-state index in [1.54, 1.807) is 0 Å². The molecule has 0 radical (unpaired) electrons. The van der Waals surface area contributed by atoms with Gasteiger partial charge in [-0.25, -0.2) is 0 Å². The molecule has 1 amide bonds. The Morgan fingerprint density at radius 3 is 2.53 bits per heavy atom. The third-order valence-electron chi connectivity index (χ3n) is 6.63. The molecule has 1 aliphatic carbocycles. The molecule has 1 saturated carbocycles. The van der Waals surface area contributed by atoms with Crippen LogP contribution in [0.25, 0.3) is 22.5 Å². The quantitative estimate of drug-likeness (QED) is 0.478. The fraction of sp³-hybridized carbons (Fsp3) is 0.423. The number of carbonyl (C=O) groups excluding carboxylic acids is 1. The Hall–Kier alpha value is -3.55. The minimum absolute atomic E-state index is 0.0298. The van der Waals surface area contributed by atoms with Crippen LogP contribution in [0, 0.1) is 5.92 Å². The van der Waals surface area contributed by atoms with E-state index in [-0.39, 0.29) is 17.9 Å². The van der Waals surface area contributed by atoms with Crippen molar-refractivity contribution < 1.29 is 14.7 Å². The Bertz CT molecular complexity index is 1100. The van der Waals surface area contributed by atoms with Crippen molar-refractivity contribution in [3.05, 3.63) is 54.1 Å². The number of amides is 1. The molecule has 0 spiro atoms. The van der Waals surface area contributed by atoms with Gasteiger partial charge in [-0.3, -0.25) is 9.59 Å². The van der Waals surface area contributed by atoms with Gasteiger partial charge in [0.2, 0.25) is 11.7 Å². The SMILES string of the molecule is CCCCC(=O)N(Cc1ccc(-c2ccccc2-c2nn[nH]n2)cc1)[C@@H]1CCC[C@@H](C(=O)O)C1. The summed E-state index contributed by atoms with van der Waals surface area (Å²) in [6.45, 7) is 2.57. The number of tetrazole rings is 1. The molecule has 2 aromatic carbocycles. The highest BCUT2D eigenvalue weighted by molar-refractivity contribution is 5.80. The van der Waals surface area contributed by atoms with Gasteiger partial charge in [-0.1, -0.05) is 68.3 Å². The van der Waals surface area contributed by atoms with Crippen LogP contribution in [0.3, 0.4) is 0 Å². The fourth-order valence-electron chi connectivity index (χ4n) is 4.76. The zero-order chi connectivity index (χ0) is 23.9. The van der Waals surface area contributed by atoms with Gasteiger partial charge in [0.15, 0.2) is 0 Å².